The minimum Gasteiger partial charge on any atom is -0.357 e. The fraction of sp³-hybridized carbons (Fsp3) is 0.278. The highest BCUT2D eigenvalue weighted by atomic mass is 16.2. The lowest BCUT2D eigenvalue weighted by molar-refractivity contribution is 0.0716. The summed E-state index contributed by atoms with van der Waals surface area (Å²) in [7, 11) is 0. The van der Waals surface area contributed by atoms with E-state index in [2.05, 4.69) is 15.0 Å². The quantitative estimate of drug-likeness (QED) is 0.644. The molecule has 2 amide bonds. The van der Waals surface area contributed by atoms with Crippen LogP contribution >= 0.6 is 0 Å². The molecule has 8 nitrogen and oxygen atoms in total. The number of carbonyl (C=O) groups excluding carboxylic acids is 2. The van der Waals surface area contributed by atoms with Gasteiger partial charge < -0.3 is 24.8 Å². The molecule has 0 radical (unpaired) electrons. The molecule has 8 heteroatoms. The minimum atomic E-state index is -0.294. The summed E-state index contributed by atoms with van der Waals surface area (Å²) in [6.45, 7) is 2.18. The van der Waals surface area contributed by atoms with Gasteiger partial charge in [-0.3, -0.25) is 9.59 Å². The first kappa shape index (κ1) is 16.2. The Morgan fingerprint density at radius 1 is 0.885 bits per heavy atom. The standard InChI is InChI=1S/C18H19N5O3/c24-16(12-4-5-13-15(11-12)21-18(26)20-13)22-7-2-8-23(10-9-22)17(25)14-3-1-6-19-14/h1,3-6,11,19H,2,7-10H2,(H2,20,21,26). The number of nitrogens with zero attached hydrogens (tertiary/aromatic N) is 2. The molecule has 1 saturated heterocycles. The topological polar surface area (TPSA) is 105 Å². The molecule has 134 valence electrons. The molecule has 0 saturated carbocycles. The lowest BCUT2D eigenvalue weighted by Gasteiger charge is -2.22. The first-order chi connectivity index (χ1) is 12.6. The molecule has 0 spiro atoms. The summed E-state index contributed by atoms with van der Waals surface area (Å²) in [4.78, 5) is 48.4. The average Bonchev–Trinajstić information content (AvgIpc) is 3.23. The second-order valence-corrected chi connectivity index (χ2v) is 6.36. The summed E-state index contributed by atoms with van der Waals surface area (Å²) >= 11 is 0. The van der Waals surface area contributed by atoms with Crippen molar-refractivity contribution >= 4 is 22.8 Å². The number of carbonyl (C=O) groups is 2. The molecule has 3 N–H and O–H groups in total. The lowest BCUT2D eigenvalue weighted by Crippen LogP contribution is -2.37. The smallest absolute Gasteiger partial charge is 0.323 e. The molecule has 0 atom stereocenters. The van der Waals surface area contributed by atoms with Gasteiger partial charge in [0.1, 0.15) is 5.69 Å². The molecular formula is C18H19N5O3. The van der Waals surface area contributed by atoms with Crippen molar-refractivity contribution in [1.82, 2.24) is 24.8 Å². The molecule has 1 fully saturated rings. The second kappa shape index (κ2) is 6.55. The molecule has 1 aromatic carbocycles. The Morgan fingerprint density at radius 2 is 1.62 bits per heavy atom. The SMILES string of the molecule is O=C(c1ccc2[nH]c(=O)[nH]c2c1)N1CCCN(C(=O)c2ccc[nH]2)CC1. The summed E-state index contributed by atoms with van der Waals surface area (Å²) in [5.74, 6) is -0.140. The van der Waals surface area contributed by atoms with E-state index in [4.69, 9.17) is 0 Å². The molecule has 26 heavy (non-hydrogen) atoms. The van der Waals surface area contributed by atoms with Crippen LogP contribution in [0.3, 0.4) is 0 Å². The van der Waals surface area contributed by atoms with Crippen molar-refractivity contribution in [1.29, 1.82) is 0 Å². The van der Waals surface area contributed by atoms with Crippen LogP contribution < -0.4 is 5.69 Å². The Morgan fingerprint density at radius 3 is 2.35 bits per heavy atom. The zero-order valence-corrected chi connectivity index (χ0v) is 14.1. The molecule has 2 aromatic heterocycles. The fourth-order valence-electron chi connectivity index (χ4n) is 3.31. The summed E-state index contributed by atoms with van der Waals surface area (Å²) in [5.41, 5.74) is 2.07. The normalized spacial score (nSPS) is 15.2. The number of amides is 2. The Balaban J connectivity index is 1.48. The summed E-state index contributed by atoms with van der Waals surface area (Å²) in [5, 5.41) is 0. The van der Waals surface area contributed by atoms with E-state index in [1.165, 1.54) is 0 Å². The van der Waals surface area contributed by atoms with Gasteiger partial charge in [0.05, 0.1) is 11.0 Å². The van der Waals surface area contributed by atoms with E-state index in [1.54, 1.807) is 46.3 Å². The number of aromatic nitrogens is 3. The fourth-order valence-corrected chi connectivity index (χ4v) is 3.31. The van der Waals surface area contributed by atoms with Crippen LogP contribution in [0.2, 0.25) is 0 Å². The van der Waals surface area contributed by atoms with Crippen LogP contribution in [0.4, 0.5) is 0 Å². The van der Waals surface area contributed by atoms with Gasteiger partial charge in [0.2, 0.25) is 0 Å². The maximum Gasteiger partial charge on any atom is 0.323 e. The van der Waals surface area contributed by atoms with Crippen LogP contribution in [0.15, 0.2) is 41.3 Å². The largest absolute Gasteiger partial charge is 0.357 e. The molecule has 3 aromatic rings. The van der Waals surface area contributed by atoms with Crippen molar-refractivity contribution < 1.29 is 9.59 Å². The number of hydrogen-bond donors (Lipinski definition) is 3. The molecule has 1 aliphatic rings. The predicted octanol–water partition coefficient (Wildman–Crippen LogP) is 1.17. The van der Waals surface area contributed by atoms with Crippen molar-refractivity contribution in [3.63, 3.8) is 0 Å². The van der Waals surface area contributed by atoms with Gasteiger partial charge in [-0.1, -0.05) is 0 Å². The van der Waals surface area contributed by atoms with E-state index in [9.17, 15) is 14.4 Å². The van der Waals surface area contributed by atoms with E-state index in [1.807, 2.05) is 0 Å². The first-order valence-electron chi connectivity index (χ1n) is 8.56. The maximum absolute atomic E-state index is 12.8. The minimum absolute atomic E-state index is 0.0457. The van der Waals surface area contributed by atoms with Gasteiger partial charge in [-0.15, -0.1) is 0 Å². The third kappa shape index (κ3) is 3.01. The number of nitrogens with one attached hydrogen (secondary N) is 3. The van der Waals surface area contributed by atoms with E-state index in [0.717, 1.165) is 6.42 Å². The van der Waals surface area contributed by atoms with Gasteiger partial charge in [0, 0.05) is 37.9 Å². The average molecular weight is 353 g/mol. The number of fused-ring (bicyclic) bond motifs is 1. The van der Waals surface area contributed by atoms with Crippen molar-refractivity contribution in [2.75, 3.05) is 26.2 Å². The molecule has 0 aliphatic carbocycles. The third-order valence-corrected chi connectivity index (χ3v) is 4.66. The number of aromatic amines is 3. The monoisotopic (exact) mass is 353 g/mol. The van der Waals surface area contributed by atoms with Crippen molar-refractivity contribution in [3.05, 3.63) is 58.3 Å². The predicted molar refractivity (Wildman–Crippen MR) is 96.1 cm³/mol. The van der Waals surface area contributed by atoms with Crippen molar-refractivity contribution in [2.24, 2.45) is 0 Å². The third-order valence-electron chi connectivity index (χ3n) is 4.66. The number of benzene rings is 1. The van der Waals surface area contributed by atoms with Gasteiger partial charge in [-0.25, -0.2) is 4.79 Å². The Labute approximate surface area is 148 Å². The van der Waals surface area contributed by atoms with Crippen LogP contribution in [0, 0.1) is 0 Å². The van der Waals surface area contributed by atoms with E-state index in [-0.39, 0.29) is 17.5 Å². The van der Waals surface area contributed by atoms with Crippen LogP contribution in [0.5, 0.6) is 0 Å². The number of rotatable bonds is 2. The van der Waals surface area contributed by atoms with Gasteiger partial charge in [0.25, 0.3) is 11.8 Å². The van der Waals surface area contributed by atoms with E-state index >= 15 is 0 Å². The van der Waals surface area contributed by atoms with E-state index in [0.29, 0.717) is 48.5 Å². The molecular weight excluding hydrogens is 334 g/mol. The van der Waals surface area contributed by atoms with Crippen molar-refractivity contribution in [3.8, 4) is 0 Å². The van der Waals surface area contributed by atoms with Gasteiger partial charge >= 0.3 is 5.69 Å². The zero-order valence-electron chi connectivity index (χ0n) is 14.1. The van der Waals surface area contributed by atoms with Gasteiger partial charge in [-0.05, 0) is 36.8 Å². The van der Waals surface area contributed by atoms with Crippen molar-refractivity contribution in [2.45, 2.75) is 6.42 Å². The number of hydrogen-bond acceptors (Lipinski definition) is 3. The highest BCUT2D eigenvalue weighted by Gasteiger charge is 2.24. The summed E-state index contributed by atoms with van der Waals surface area (Å²) in [6, 6.07) is 8.66. The van der Waals surface area contributed by atoms with E-state index < -0.39 is 0 Å². The number of H-pyrrole nitrogens is 3. The Hall–Kier alpha value is -3.29. The van der Waals surface area contributed by atoms with Crippen LogP contribution in [0.1, 0.15) is 27.3 Å². The zero-order chi connectivity index (χ0) is 18.1. The second-order valence-electron chi connectivity index (χ2n) is 6.36. The molecule has 4 rings (SSSR count). The molecule has 0 bridgehead atoms. The highest BCUT2D eigenvalue weighted by molar-refractivity contribution is 5.97. The van der Waals surface area contributed by atoms with Crippen LogP contribution in [-0.2, 0) is 0 Å². The Bertz CT molecular complexity index is 1000. The van der Waals surface area contributed by atoms with Crippen LogP contribution in [-0.4, -0.2) is 62.7 Å². The summed E-state index contributed by atoms with van der Waals surface area (Å²) < 4.78 is 0. The Kier molecular flexibility index (Phi) is 4.08. The first-order valence-corrected chi connectivity index (χ1v) is 8.56. The number of imidazole rings is 1. The van der Waals surface area contributed by atoms with Gasteiger partial charge in [0.15, 0.2) is 0 Å². The molecule has 3 heterocycles. The molecule has 0 unspecified atom stereocenters. The highest BCUT2D eigenvalue weighted by Crippen LogP contribution is 2.15. The maximum atomic E-state index is 12.8. The van der Waals surface area contributed by atoms with Crippen LogP contribution in [0.25, 0.3) is 11.0 Å². The summed E-state index contributed by atoms with van der Waals surface area (Å²) in [6.07, 6.45) is 2.45. The molecule has 1 aliphatic heterocycles. The lowest BCUT2D eigenvalue weighted by atomic mass is 10.1. The van der Waals surface area contributed by atoms with Gasteiger partial charge in [-0.2, -0.15) is 0 Å².